The summed E-state index contributed by atoms with van der Waals surface area (Å²) in [6.07, 6.45) is 1.13. The summed E-state index contributed by atoms with van der Waals surface area (Å²) in [7, 11) is 0. The molecule has 0 atom stereocenters. The molecule has 0 saturated carbocycles. The molecule has 2 heterocycles. The molecule has 0 spiro atoms. The minimum atomic E-state index is -0.298. The van der Waals surface area contributed by atoms with Gasteiger partial charge in [0.2, 0.25) is 0 Å². The topological polar surface area (TPSA) is 76.0 Å². The van der Waals surface area contributed by atoms with Gasteiger partial charge in [-0.1, -0.05) is 23.2 Å². The third-order valence-corrected chi connectivity index (χ3v) is 3.97. The summed E-state index contributed by atoms with van der Waals surface area (Å²) in [5.41, 5.74) is 0. The van der Waals surface area contributed by atoms with Gasteiger partial charge in [0.05, 0.1) is 42.8 Å². The lowest BCUT2D eigenvalue weighted by atomic mass is 10.3. The van der Waals surface area contributed by atoms with Crippen molar-refractivity contribution >= 4 is 41.0 Å². The minimum absolute atomic E-state index is 0.179. The lowest BCUT2D eigenvalue weighted by Gasteiger charge is -2.31. The number of ether oxygens (including phenoxy) is 1. The number of piperazine rings is 1. The van der Waals surface area contributed by atoms with E-state index in [1.165, 1.54) is 12.3 Å². The van der Waals surface area contributed by atoms with E-state index in [2.05, 4.69) is 10.3 Å². The molecule has 126 valence electrons. The summed E-state index contributed by atoms with van der Waals surface area (Å²) in [5.74, 6) is 0.118. The first-order chi connectivity index (χ1) is 11.0. The third-order valence-electron chi connectivity index (χ3n) is 3.47. The Morgan fingerprint density at radius 1 is 1.39 bits per heavy atom. The zero-order chi connectivity index (χ0) is 16.8. The highest BCUT2D eigenvalue weighted by atomic mass is 35.5. The highest BCUT2D eigenvalue weighted by Crippen LogP contribution is 2.22. The van der Waals surface area contributed by atoms with Crippen LogP contribution in [-0.2, 0) is 9.53 Å². The molecule has 0 unspecified atom stereocenters. The fourth-order valence-corrected chi connectivity index (χ4v) is 2.73. The van der Waals surface area contributed by atoms with Crippen molar-refractivity contribution in [1.29, 1.82) is 0 Å². The summed E-state index contributed by atoms with van der Waals surface area (Å²) in [6.45, 7) is 4.95. The number of nitrogens with one attached hydrogen (secondary N) is 2. The van der Waals surface area contributed by atoms with E-state index in [4.69, 9.17) is 27.9 Å². The standard InChI is InChI=1S/C14H18Cl2N4O3/c1-2-23-14(22)20-5-3-19(4-6-20)9-12(21)18-13-11(16)7-10(15)8-17-13/h7-8H,2-6,9H2,1H3,(H,17,18,21)/p+1. The summed E-state index contributed by atoms with van der Waals surface area (Å²) in [5, 5.41) is 3.38. The average molecular weight is 362 g/mol. The Morgan fingerprint density at radius 2 is 2.09 bits per heavy atom. The molecule has 1 aliphatic heterocycles. The maximum Gasteiger partial charge on any atom is 0.410 e. The summed E-state index contributed by atoms with van der Waals surface area (Å²) in [4.78, 5) is 30.4. The second-order valence-electron chi connectivity index (χ2n) is 5.14. The molecule has 2 amide bonds. The molecule has 0 bridgehead atoms. The number of hydrogen-bond acceptors (Lipinski definition) is 4. The number of hydrogen-bond donors (Lipinski definition) is 2. The van der Waals surface area contributed by atoms with Gasteiger partial charge in [0.25, 0.3) is 5.91 Å². The lowest BCUT2D eigenvalue weighted by molar-refractivity contribution is -0.895. The molecule has 1 aromatic rings. The van der Waals surface area contributed by atoms with E-state index in [0.717, 1.165) is 4.90 Å². The normalized spacial score (nSPS) is 15.3. The van der Waals surface area contributed by atoms with Crippen LogP contribution >= 0.6 is 23.2 Å². The van der Waals surface area contributed by atoms with Crippen LogP contribution in [-0.4, -0.2) is 61.2 Å². The van der Waals surface area contributed by atoms with E-state index < -0.39 is 0 Å². The van der Waals surface area contributed by atoms with Crippen molar-refractivity contribution in [3.8, 4) is 0 Å². The number of carbonyl (C=O) groups is 2. The number of nitrogens with zero attached hydrogens (tertiary/aromatic N) is 2. The van der Waals surface area contributed by atoms with E-state index in [-0.39, 0.29) is 18.5 Å². The van der Waals surface area contributed by atoms with Crippen LogP contribution in [0.15, 0.2) is 12.3 Å². The summed E-state index contributed by atoms with van der Waals surface area (Å²) in [6, 6.07) is 1.52. The maximum atomic E-state index is 12.1. The van der Waals surface area contributed by atoms with Crippen molar-refractivity contribution in [3.63, 3.8) is 0 Å². The smallest absolute Gasteiger partial charge is 0.410 e. The zero-order valence-electron chi connectivity index (χ0n) is 12.8. The second-order valence-corrected chi connectivity index (χ2v) is 5.99. The van der Waals surface area contributed by atoms with Gasteiger partial charge in [0, 0.05) is 6.20 Å². The zero-order valence-corrected chi connectivity index (χ0v) is 14.3. The highest BCUT2D eigenvalue weighted by molar-refractivity contribution is 6.36. The largest absolute Gasteiger partial charge is 0.450 e. The monoisotopic (exact) mass is 361 g/mol. The van der Waals surface area contributed by atoms with Crippen molar-refractivity contribution in [2.45, 2.75) is 6.92 Å². The fourth-order valence-electron chi connectivity index (χ4n) is 2.31. The van der Waals surface area contributed by atoms with Crippen LogP contribution in [0.5, 0.6) is 0 Å². The average Bonchev–Trinajstić information content (AvgIpc) is 2.51. The molecular formula is C14H19Cl2N4O3+. The van der Waals surface area contributed by atoms with E-state index in [1.54, 1.807) is 11.8 Å². The van der Waals surface area contributed by atoms with Crippen LogP contribution in [0.3, 0.4) is 0 Å². The predicted octanol–water partition coefficient (Wildman–Crippen LogP) is 0.684. The highest BCUT2D eigenvalue weighted by Gasteiger charge is 2.26. The van der Waals surface area contributed by atoms with Gasteiger partial charge in [0.1, 0.15) is 0 Å². The second kappa shape index (κ2) is 8.33. The molecule has 0 aliphatic carbocycles. The van der Waals surface area contributed by atoms with Crippen LogP contribution in [0.4, 0.5) is 10.6 Å². The van der Waals surface area contributed by atoms with E-state index in [1.807, 2.05) is 0 Å². The first-order valence-corrected chi connectivity index (χ1v) is 8.11. The summed E-state index contributed by atoms with van der Waals surface area (Å²) < 4.78 is 4.96. The molecule has 23 heavy (non-hydrogen) atoms. The Kier molecular flexibility index (Phi) is 6.44. The minimum Gasteiger partial charge on any atom is -0.450 e. The molecule has 1 saturated heterocycles. The molecule has 1 fully saturated rings. The number of pyridine rings is 1. The van der Waals surface area contributed by atoms with Crippen LogP contribution in [0.25, 0.3) is 0 Å². The molecule has 1 aromatic heterocycles. The van der Waals surface area contributed by atoms with Crippen molar-refractivity contribution < 1.29 is 19.2 Å². The van der Waals surface area contributed by atoms with Crippen molar-refractivity contribution in [2.24, 2.45) is 0 Å². The molecule has 2 rings (SSSR count). The molecule has 0 aromatic carbocycles. The number of quaternary nitrogens is 1. The molecule has 1 aliphatic rings. The Labute approximate surface area is 144 Å². The van der Waals surface area contributed by atoms with Crippen molar-refractivity contribution in [2.75, 3.05) is 44.6 Å². The fraction of sp³-hybridized carbons (Fsp3) is 0.500. The van der Waals surface area contributed by atoms with Crippen LogP contribution in [0, 0.1) is 0 Å². The van der Waals surface area contributed by atoms with Crippen LogP contribution < -0.4 is 10.2 Å². The first kappa shape index (κ1) is 17.8. The SMILES string of the molecule is CCOC(=O)N1CC[NH+](CC(=O)Nc2ncc(Cl)cc2Cl)CC1. The Hall–Kier alpha value is -1.57. The molecular weight excluding hydrogens is 343 g/mol. The van der Waals surface area contributed by atoms with Gasteiger partial charge >= 0.3 is 6.09 Å². The predicted molar refractivity (Wildman–Crippen MR) is 87.0 cm³/mol. The van der Waals surface area contributed by atoms with Crippen molar-refractivity contribution in [1.82, 2.24) is 9.88 Å². The third kappa shape index (κ3) is 5.23. The van der Waals surface area contributed by atoms with E-state index >= 15 is 0 Å². The number of carbonyl (C=O) groups excluding carboxylic acids is 2. The van der Waals surface area contributed by atoms with Gasteiger partial charge in [-0.3, -0.25) is 9.69 Å². The Balaban J connectivity index is 1.79. The van der Waals surface area contributed by atoms with E-state index in [9.17, 15) is 9.59 Å². The van der Waals surface area contributed by atoms with Gasteiger partial charge in [-0.15, -0.1) is 0 Å². The molecule has 2 N–H and O–H groups in total. The number of rotatable bonds is 4. The molecule has 7 nitrogen and oxygen atoms in total. The van der Waals surface area contributed by atoms with Gasteiger partial charge < -0.3 is 15.0 Å². The Bertz CT molecular complexity index is 577. The quantitative estimate of drug-likeness (QED) is 0.826. The molecule has 9 heteroatoms. The number of aromatic nitrogens is 1. The van der Waals surface area contributed by atoms with Gasteiger partial charge in [-0.25, -0.2) is 9.78 Å². The summed E-state index contributed by atoms with van der Waals surface area (Å²) >= 11 is 11.7. The van der Waals surface area contributed by atoms with Gasteiger partial charge in [-0.2, -0.15) is 0 Å². The Morgan fingerprint density at radius 3 is 2.70 bits per heavy atom. The van der Waals surface area contributed by atoms with Gasteiger partial charge in [0.15, 0.2) is 12.4 Å². The maximum absolute atomic E-state index is 12.1. The number of halogens is 2. The van der Waals surface area contributed by atoms with Crippen LogP contribution in [0.2, 0.25) is 10.0 Å². The van der Waals surface area contributed by atoms with Crippen LogP contribution in [0.1, 0.15) is 6.92 Å². The van der Waals surface area contributed by atoms with Crippen molar-refractivity contribution in [3.05, 3.63) is 22.3 Å². The first-order valence-electron chi connectivity index (χ1n) is 7.35. The van der Waals surface area contributed by atoms with Gasteiger partial charge in [-0.05, 0) is 13.0 Å². The van der Waals surface area contributed by atoms with E-state index in [0.29, 0.717) is 48.6 Å². The molecule has 0 radical (unpaired) electrons. The number of amides is 2. The lowest BCUT2D eigenvalue weighted by Crippen LogP contribution is -3.15. The number of anilines is 1.